The summed E-state index contributed by atoms with van der Waals surface area (Å²) in [5.41, 5.74) is 2.06. The van der Waals surface area contributed by atoms with Gasteiger partial charge in [0, 0.05) is 23.4 Å². The van der Waals surface area contributed by atoms with Crippen molar-refractivity contribution >= 4 is 29.1 Å². The zero-order chi connectivity index (χ0) is 18.1. The lowest BCUT2D eigenvalue weighted by Gasteiger charge is -2.14. The van der Waals surface area contributed by atoms with Gasteiger partial charge in [0.2, 0.25) is 17.7 Å². The fourth-order valence-corrected chi connectivity index (χ4v) is 3.21. The molecule has 1 aromatic heterocycles. The number of amides is 2. The normalized spacial score (nSPS) is 17.1. The summed E-state index contributed by atoms with van der Waals surface area (Å²) in [5.74, 6) is -0.343. The minimum Gasteiger partial charge on any atom is -0.444 e. The summed E-state index contributed by atoms with van der Waals surface area (Å²) in [4.78, 5) is 30.7. The van der Waals surface area contributed by atoms with Crippen molar-refractivity contribution in [1.82, 2.24) is 4.98 Å². The second-order valence-electron chi connectivity index (χ2n) is 6.16. The molecule has 1 unspecified atom stereocenters. The number of anilines is 1. The summed E-state index contributed by atoms with van der Waals surface area (Å²) in [6.07, 6.45) is 2.08. The Balaban J connectivity index is 1.51. The van der Waals surface area contributed by atoms with Crippen molar-refractivity contribution in [3.63, 3.8) is 0 Å². The third kappa shape index (κ3) is 3.13. The van der Waals surface area contributed by atoms with Crippen LogP contribution in [0.15, 0.2) is 65.3 Å². The third-order valence-electron chi connectivity index (χ3n) is 4.35. The minimum absolute atomic E-state index is 0.177. The zero-order valence-electron chi connectivity index (χ0n) is 13.8. The zero-order valence-corrected chi connectivity index (χ0v) is 14.5. The first-order valence-electron chi connectivity index (χ1n) is 8.24. The van der Waals surface area contributed by atoms with Gasteiger partial charge < -0.3 is 4.42 Å². The van der Waals surface area contributed by atoms with Crippen molar-refractivity contribution in [2.24, 2.45) is 5.92 Å². The van der Waals surface area contributed by atoms with Crippen LogP contribution in [0.3, 0.4) is 0 Å². The van der Waals surface area contributed by atoms with E-state index < -0.39 is 5.92 Å². The van der Waals surface area contributed by atoms with Crippen LogP contribution in [0.5, 0.6) is 0 Å². The first-order valence-corrected chi connectivity index (χ1v) is 8.62. The summed E-state index contributed by atoms with van der Waals surface area (Å²) >= 11 is 5.89. The van der Waals surface area contributed by atoms with Crippen molar-refractivity contribution < 1.29 is 14.0 Å². The average molecular weight is 367 g/mol. The Morgan fingerprint density at radius 2 is 1.81 bits per heavy atom. The topological polar surface area (TPSA) is 63.4 Å². The van der Waals surface area contributed by atoms with Crippen molar-refractivity contribution in [3.8, 4) is 11.5 Å². The Morgan fingerprint density at radius 1 is 1.08 bits per heavy atom. The van der Waals surface area contributed by atoms with E-state index in [1.807, 2.05) is 18.2 Å². The summed E-state index contributed by atoms with van der Waals surface area (Å²) in [7, 11) is 0. The van der Waals surface area contributed by atoms with Crippen LogP contribution in [0.1, 0.15) is 12.1 Å². The van der Waals surface area contributed by atoms with Gasteiger partial charge in [0.15, 0.2) is 0 Å². The molecule has 1 saturated heterocycles. The largest absolute Gasteiger partial charge is 0.444 e. The minimum atomic E-state index is -0.425. The van der Waals surface area contributed by atoms with Gasteiger partial charge in [-0.2, -0.15) is 0 Å². The van der Waals surface area contributed by atoms with Gasteiger partial charge in [-0.05, 0) is 36.4 Å². The highest BCUT2D eigenvalue weighted by Crippen LogP contribution is 2.29. The van der Waals surface area contributed by atoms with Crippen LogP contribution >= 0.6 is 11.6 Å². The first kappa shape index (κ1) is 16.5. The molecule has 4 rings (SSSR count). The van der Waals surface area contributed by atoms with Gasteiger partial charge in [0.05, 0.1) is 17.3 Å². The molecule has 1 fully saturated rings. The molecule has 0 radical (unpaired) electrons. The molecule has 0 aliphatic carbocycles. The molecule has 26 heavy (non-hydrogen) atoms. The number of imide groups is 1. The highest BCUT2D eigenvalue weighted by molar-refractivity contribution is 6.30. The molecule has 1 aliphatic heterocycles. The van der Waals surface area contributed by atoms with Crippen molar-refractivity contribution in [2.45, 2.75) is 12.8 Å². The Hall–Kier alpha value is -2.92. The van der Waals surface area contributed by atoms with E-state index in [1.165, 1.54) is 11.2 Å². The highest BCUT2D eigenvalue weighted by atomic mass is 35.5. The second kappa shape index (κ2) is 6.77. The fourth-order valence-electron chi connectivity index (χ4n) is 3.08. The molecule has 2 aromatic carbocycles. The molecule has 6 heteroatoms. The maximum absolute atomic E-state index is 12.7. The molecular weight excluding hydrogens is 352 g/mol. The molecule has 1 aliphatic rings. The molecule has 2 heterocycles. The molecule has 0 bridgehead atoms. The number of para-hydroxylation sites is 1. The van der Waals surface area contributed by atoms with Crippen molar-refractivity contribution in [1.29, 1.82) is 0 Å². The van der Waals surface area contributed by atoms with E-state index in [9.17, 15) is 9.59 Å². The summed E-state index contributed by atoms with van der Waals surface area (Å²) in [5, 5.41) is 0.636. The van der Waals surface area contributed by atoms with Crippen molar-refractivity contribution in [2.75, 3.05) is 4.90 Å². The Morgan fingerprint density at radius 3 is 2.54 bits per heavy atom. The number of benzene rings is 2. The Kier molecular flexibility index (Phi) is 4.31. The number of hydrogen-bond acceptors (Lipinski definition) is 4. The van der Waals surface area contributed by atoms with Gasteiger partial charge in [-0.1, -0.05) is 29.8 Å². The standard InChI is InChI=1S/C20H15ClN2O3/c21-15-8-6-13(7-9-15)19-22-16(12-26-19)10-14-11-18(24)23(20(14)25)17-4-2-1-3-5-17/h1-9,12,14H,10-11H2. The lowest BCUT2D eigenvalue weighted by Crippen LogP contribution is -2.30. The molecule has 1 atom stereocenters. The van der Waals surface area contributed by atoms with E-state index in [4.69, 9.17) is 16.0 Å². The SMILES string of the molecule is O=C1CC(Cc2coc(-c3ccc(Cl)cc3)n2)C(=O)N1c1ccccc1. The smallest absolute Gasteiger partial charge is 0.237 e. The number of oxazole rings is 1. The summed E-state index contributed by atoms with van der Waals surface area (Å²) < 4.78 is 5.51. The van der Waals surface area contributed by atoms with E-state index in [0.29, 0.717) is 28.7 Å². The lowest BCUT2D eigenvalue weighted by atomic mass is 10.0. The van der Waals surface area contributed by atoms with Crippen molar-refractivity contribution in [3.05, 3.63) is 71.6 Å². The molecule has 0 saturated carbocycles. The molecular formula is C20H15ClN2O3. The molecule has 0 spiro atoms. The van der Waals surface area contributed by atoms with Gasteiger partial charge in [0.25, 0.3) is 0 Å². The monoisotopic (exact) mass is 366 g/mol. The molecule has 5 nitrogen and oxygen atoms in total. The number of carbonyl (C=O) groups excluding carboxylic acids is 2. The van der Waals surface area contributed by atoms with Gasteiger partial charge >= 0.3 is 0 Å². The lowest BCUT2D eigenvalue weighted by molar-refractivity contribution is -0.122. The number of halogens is 1. The van der Waals surface area contributed by atoms with E-state index >= 15 is 0 Å². The molecule has 3 aromatic rings. The number of carbonyl (C=O) groups is 2. The number of hydrogen-bond donors (Lipinski definition) is 0. The average Bonchev–Trinajstić information content (AvgIpc) is 3.21. The van der Waals surface area contributed by atoms with Gasteiger partial charge in [-0.3, -0.25) is 14.5 Å². The van der Waals surface area contributed by atoms with Gasteiger partial charge in [-0.25, -0.2) is 4.98 Å². The maximum Gasteiger partial charge on any atom is 0.237 e. The summed E-state index contributed by atoms with van der Waals surface area (Å²) in [6.45, 7) is 0. The first-order chi connectivity index (χ1) is 12.6. The van der Waals surface area contributed by atoms with Crippen LogP contribution in [0, 0.1) is 5.92 Å². The van der Waals surface area contributed by atoms with E-state index in [0.717, 1.165) is 5.56 Å². The predicted octanol–water partition coefficient (Wildman–Crippen LogP) is 4.12. The van der Waals surface area contributed by atoms with E-state index in [-0.39, 0.29) is 18.2 Å². The van der Waals surface area contributed by atoms with Gasteiger partial charge in [0.1, 0.15) is 6.26 Å². The number of rotatable bonds is 4. The predicted molar refractivity (Wildman–Crippen MR) is 97.7 cm³/mol. The highest BCUT2D eigenvalue weighted by Gasteiger charge is 2.39. The second-order valence-corrected chi connectivity index (χ2v) is 6.60. The maximum atomic E-state index is 12.7. The Labute approximate surface area is 155 Å². The van der Waals surface area contributed by atoms with Crippen LogP contribution in [0.25, 0.3) is 11.5 Å². The van der Waals surface area contributed by atoms with Crippen LogP contribution < -0.4 is 4.90 Å². The van der Waals surface area contributed by atoms with E-state index in [2.05, 4.69) is 4.98 Å². The van der Waals surface area contributed by atoms with Crippen LogP contribution in [0.4, 0.5) is 5.69 Å². The third-order valence-corrected chi connectivity index (χ3v) is 4.60. The van der Waals surface area contributed by atoms with Crippen LogP contribution in [0.2, 0.25) is 5.02 Å². The fraction of sp³-hybridized carbons (Fsp3) is 0.150. The van der Waals surface area contributed by atoms with E-state index in [1.54, 1.807) is 36.4 Å². The quantitative estimate of drug-likeness (QED) is 0.651. The van der Waals surface area contributed by atoms with Crippen LogP contribution in [-0.4, -0.2) is 16.8 Å². The number of aromatic nitrogens is 1. The van der Waals surface area contributed by atoms with Gasteiger partial charge in [-0.15, -0.1) is 0 Å². The summed E-state index contributed by atoms with van der Waals surface area (Å²) in [6, 6.07) is 16.1. The molecule has 0 N–H and O–H groups in total. The Bertz CT molecular complexity index is 951. The molecule has 130 valence electrons. The number of nitrogens with zero attached hydrogens (tertiary/aromatic N) is 2. The van der Waals surface area contributed by atoms with Crippen LogP contribution in [-0.2, 0) is 16.0 Å². The molecule has 2 amide bonds.